The first kappa shape index (κ1) is 15.9. The van der Waals surface area contributed by atoms with Crippen molar-refractivity contribution >= 4 is 15.4 Å². The summed E-state index contributed by atoms with van der Waals surface area (Å²) in [6.07, 6.45) is -0.0370. The summed E-state index contributed by atoms with van der Waals surface area (Å²) in [5, 5.41) is 0. The summed E-state index contributed by atoms with van der Waals surface area (Å²) in [6.45, 7) is 7.25. The van der Waals surface area contributed by atoms with Crippen molar-refractivity contribution in [3.8, 4) is 0 Å². The zero-order valence-electron chi connectivity index (χ0n) is 8.63. The fourth-order valence-corrected chi connectivity index (χ4v) is 0.672. The molecule has 0 radical (unpaired) electrons. The molecule has 3 nitrogen and oxygen atoms in total. The SMILES string of the molecule is CCOC(C)OCC.O=C=C[SiH](F)F. The molecule has 0 heterocycles. The van der Waals surface area contributed by atoms with E-state index in [9.17, 15) is 8.22 Å². The lowest BCUT2D eigenvalue weighted by atomic mass is 10.7. The summed E-state index contributed by atoms with van der Waals surface area (Å²) in [5.74, 6) is 1.00. The molecule has 0 amide bonds. The van der Waals surface area contributed by atoms with Crippen LogP contribution in [0.4, 0.5) is 8.22 Å². The predicted molar refractivity (Wildman–Crippen MR) is 52.3 cm³/mol. The van der Waals surface area contributed by atoms with Crippen molar-refractivity contribution in [1.29, 1.82) is 0 Å². The van der Waals surface area contributed by atoms with Crippen LogP contribution < -0.4 is 0 Å². The van der Waals surface area contributed by atoms with Gasteiger partial charge >= 0.3 is 9.46 Å². The zero-order valence-corrected chi connectivity index (χ0v) is 9.78. The van der Waals surface area contributed by atoms with Gasteiger partial charge in [-0.1, -0.05) is 0 Å². The van der Waals surface area contributed by atoms with Gasteiger partial charge in [0.15, 0.2) is 6.29 Å². The Morgan fingerprint density at radius 2 is 1.79 bits per heavy atom. The van der Waals surface area contributed by atoms with Gasteiger partial charge in [0.05, 0.1) is 0 Å². The molecule has 0 saturated heterocycles. The quantitative estimate of drug-likeness (QED) is 0.308. The van der Waals surface area contributed by atoms with Gasteiger partial charge in [-0.2, -0.15) is 0 Å². The van der Waals surface area contributed by atoms with E-state index in [0.717, 1.165) is 19.2 Å². The van der Waals surface area contributed by atoms with Crippen LogP contribution in [-0.4, -0.2) is 34.9 Å². The Kier molecular flexibility index (Phi) is 14.1. The van der Waals surface area contributed by atoms with Gasteiger partial charge < -0.3 is 9.47 Å². The molecule has 0 unspecified atom stereocenters. The second-order valence-electron chi connectivity index (χ2n) is 2.10. The van der Waals surface area contributed by atoms with E-state index in [2.05, 4.69) is 0 Å². The Morgan fingerprint density at radius 1 is 1.36 bits per heavy atom. The minimum Gasteiger partial charge on any atom is -0.353 e. The largest absolute Gasteiger partial charge is 0.445 e. The van der Waals surface area contributed by atoms with Gasteiger partial charge in [-0.25, -0.2) is 4.79 Å². The monoisotopic (exact) mass is 226 g/mol. The summed E-state index contributed by atoms with van der Waals surface area (Å²) in [4.78, 5) is 8.99. The first-order chi connectivity index (χ1) is 6.58. The van der Waals surface area contributed by atoms with E-state index in [1.165, 1.54) is 0 Å². The molecule has 0 aromatic rings. The van der Waals surface area contributed by atoms with Crippen LogP contribution in [0.25, 0.3) is 0 Å². The first-order valence-electron chi connectivity index (χ1n) is 4.30. The molecule has 0 atom stereocenters. The number of halogens is 2. The summed E-state index contributed by atoms with van der Waals surface area (Å²) < 4.78 is 31.8. The maximum atomic E-state index is 10.9. The van der Waals surface area contributed by atoms with Crippen molar-refractivity contribution in [3.05, 3.63) is 5.70 Å². The standard InChI is InChI=1S/C6H14O2.C2H2F2OSi/c1-4-7-6(3)8-5-2;3-6(4)2-1-5/h6H,4-5H2,1-3H3;2,6H. The predicted octanol–water partition coefficient (Wildman–Crippen LogP) is 1.48. The Labute approximate surface area is 84.7 Å². The zero-order chi connectivity index (χ0) is 11.4. The van der Waals surface area contributed by atoms with Gasteiger partial charge in [0, 0.05) is 18.9 Å². The summed E-state index contributed by atoms with van der Waals surface area (Å²) >= 11 is 0. The number of hydrogen-bond donors (Lipinski definition) is 0. The van der Waals surface area contributed by atoms with Gasteiger partial charge in [0.2, 0.25) is 0 Å². The maximum absolute atomic E-state index is 10.9. The van der Waals surface area contributed by atoms with Gasteiger partial charge in [-0.05, 0) is 20.8 Å². The highest BCUT2D eigenvalue weighted by molar-refractivity contribution is 6.50. The van der Waals surface area contributed by atoms with E-state index in [4.69, 9.17) is 14.3 Å². The number of carbonyl (C=O) groups excluding carboxylic acids is 1. The highest BCUT2D eigenvalue weighted by Crippen LogP contribution is 1.90. The van der Waals surface area contributed by atoms with Crippen molar-refractivity contribution in [2.75, 3.05) is 13.2 Å². The topological polar surface area (TPSA) is 35.5 Å². The fourth-order valence-electron chi connectivity index (χ4n) is 0.569. The van der Waals surface area contributed by atoms with E-state index in [0.29, 0.717) is 5.70 Å². The Hall–Kier alpha value is -0.553. The van der Waals surface area contributed by atoms with Gasteiger partial charge in [-0.3, -0.25) is 8.22 Å². The maximum Gasteiger partial charge on any atom is 0.445 e. The van der Waals surface area contributed by atoms with Crippen LogP contribution in [0.3, 0.4) is 0 Å². The minimum atomic E-state index is -3.72. The first-order valence-corrected chi connectivity index (χ1v) is 5.84. The van der Waals surface area contributed by atoms with E-state index < -0.39 is 9.46 Å². The van der Waals surface area contributed by atoms with Crippen LogP contribution >= 0.6 is 0 Å². The van der Waals surface area contributed by atoms with Crippen LogP contribution in [0.5, 0.6) is 0 Å². The van der Waals surface area contributed by atoms with Gasteiger partial charge in [-0.15, -0.1) is 0 Å². The molecular weight excluding hydrogens is 210 g/mol. The minimum absolute atomic E-state index is 0.0370. The van der Waals surface area contributed by atoms with Crippen molar-refractivity contribution in [2.24, 2.45) is 0 Å². The number of ether oxygens (including phenoxy) is 2. The Balaban J connectivity index is 0. The van der Waals surface area contributed by atoms with Crippen molar-refractivity contribution < 1.29 is 22.5 Å². The number of hydrogen-bond acceptors (Lipinski definition) is 3. The summed E-state index contributed by atoms with van der Waals surface area (Å²) in [7, 11) is -3.72. The molecule has 0 aliphatic carbocycles. The number of rotatable bonds is 5. The van der Waals surface area contributed by atoms with Gasteiger partial charge in [0.1, 0.15) is 5.94 Å². The van der Waals surface area contributed by atoms with Crippen LogP contribution in [0.2, 0.25) is 0 Å². The molecule has 84 valence electrons. The van der Waals surface area contributed by atoms with E-state index >= 15 is 0 Å². The van der Waals surface area contributed by atoms with E-state index in [1.807, 2.05) is 20.8 Å². The molecule has 0 aromatic carbocycles. The van der Waals surface area contributed by atoms with Crippen LogP contribution in [0.15, 0.2) is 5.70 Å². The Bertz CT molecular complexity index is 155. The lowest BCUT2D eigenvalue weighted by Gasteiger charge is -2.09. The normalized spacial score (nSPS) is 9.36. The molecule has 0 saturated carbocycles. The molecule has 6 heteroatoms. The summed E-state index contributed by atoms with van der Waals surface area (Å²) in [5.41, 5.74) is 0.292. The molecule has 14 heavy (non-hydrogen) atoms. The second-order valence-corrected chi connectivity index (χ2v) is 3.10. The third kappa shape index (κ3) is 17.5. The van der Waals surface area contributed by atoms with Crippen molar-refractivity contribution in [3.63, 3.8) is 0 Å². The van der Waals surface area contributed by atoms with Crippen LogP contribution in [0.1, 0.15) is 20.8 Å². The third-order valence-corrected chi connectivity index (χ3v) is 1.38. The average molecular weight is 226 g/mol. The molecular formula is C8H16F2O3Si. The summed E-state index contributed by atoms with van der Waals surface area (Å²) in [6, 6.07) is 0. The molecule has 0 bridgehead atoms. The fraction of sp³-hybridized carbons (Fsp3) is 0.750. The lowest BCUT2D eigenvalue weighted by Crippen LogP contribution is -2.11. The Morgan fingerprint density at radius 3 is 1.93 bits per heavy atom. The van der Waals surface area contributed by atoms with Crippen molar-refractivity contribution in [2.45, 2.75) is 27.1 Å². The molecule has 0 aliphatic heterocycles. The molecule has 0 aromatic heterocycles. The molecule has 0 fully saturated rings. The molecule has 0 rings (SSSR count). The van der Waals surface area contributed by atoms with E-state index in [-0.39, 0.29) is 6.29 Å². The highest BCUT2D eigenvalue weighted by atomic mass is 28.4. The second kappa shape index (κ2) is 12.4. The molecule has 0 N–H and O–H groups in total. The van der Waals surface area contributed by atoms with E-state index in [1.54, 1.807) is 0 Å². The smallest absolute Gasteiger partial charge is 0.353 e. The van der Waals surface area contributed by atoms with Gasteiger partial charge in [0.25, 0.3) is 0 Å². The molecule has 0 aliphatic rings. The highest BCUT2D eigenvalue weighted by Gasteiger charge is 1.97. The van der Waals surface area contributed by atoms with Crippen LogP contribution in [-0.2, 0) is 14.3 Å². The third-order valence-electron chi connectivity index (χ3n) is 0.997. The lowest BCUT2D eigenvalue weighted by molar-refractivity contribution is -0.123. The van der Waals surface area contributed by atoms with Crippen molar-refractivity contribution in [1.82, 2.24) is 0 Å². The molecule has 0 spiro atoms. The average Bonchev–Trinajstić information content (AvgIpc) is 2.05. The van der Waals surface area contributed by atoms with Crippen LogP contribution in [0, 0.1) is 0 Å².